The number of ketones is 1. The molecule has 0 aliphatic heterocycles. The fourth-order valence-corrected chi connectivity index (χ4v) is 2.98. The molecular weight excluding hydrogens is 374 g/mol. The lowest BCUT2D eigenvalue weighted by Gasteiger charge is -2.12. The molecule has 0 spiro atoms. The van der Waals surface area contributed by atoms with Crippen molar-refractivity contribution in [2.45, 2.75) is 13.5 Å². The minimum atomic E-state index is 0.0186. The number of nitrogens with one attached hydrogen (secondary N) is 2. The van der Waals surface area contributed by atoms with Gasteiger partial charge < -0.3 is 10.6 Å². The molecule has 0 atom stereocenters. The summed E-state index contributed by atoms with van der Waals surface area (Å²) < 4.78 is 0. The van der Waals surface area contributed by atoms with E-state index < -0.39 is 0 Å². The number of hydrogen-bond acceptors (Lipinski definition) is 6. The highest BCUT2D eigenvalue weighted by molar-refractivity contribution is 5.95. The number of pyridine rings is 1. The SMILES string of the molecule is CC(=O)c1cccc(Nc2cc(NCc3cccnc3)nc(-c3ccccc3)n2)c1. The van der Waals surface area contributed by atoms with Crippen LogP contribution in [0.2, 0.25) is 0 Å². The van der Waals surface area contributed by atoms with Crippen molar-refractivity contribution in [2.75, 3.05) is 10.6 Å². The molecule has 6 heteroatoms. The van der Waals surface area contributed by atoms with Crippen molar-refractivity contribution in [2.24, 2.45) is 0 Å². The van der Waals surface area contributed by atoms with Gasteiger partial charge in [0.25, 0.3) is 0 Å². The second-order valence-corrected chi connectivity index (χ2v) is 6.80. The minimum Gasteiger partial charge on any atom is -0.366 e. The molecule has 0 radical (unpaired) electrons. The second kappa shape index (κ2) is 8.96. The molecule has 148 valence electrons. The Bertz CT molecular complexity index is 1150. The Balaban J connectivity index is 1.65. The van der Waals surface area contributed by atoms with E-state index in [1.54, 1.807) is 19.2 Å². The Morgan fingerprint density at radius 1 is 0.900 bits per heavy atom. The quantitative estimate of drug-likeness (QED) is 0.424. The number of anilines is 3. The van der Waals surface area contributed by atoms with Crippen LogP contribution in [-0.2, 0) is 6.54 Å². The molecule has 30 heavy (non-hydrogen) atoms. The Hall–Kier alpha value is -4.06. The zero-order valence-electron chi connectivity index (χ0n) is 16.5. The zero-order chi connectivity index (χ0) is 20.8. The first kappa shape index (κ1) is 19.3. The first-order valence-electron chi connectivity index (χ1n) is 9.63. The molecule has 4 aromatic rings. The van der Waals surface area contributed by atoms with Gasteiger partial charge in [0.1, 0.15) is 11.6 Å². The largest absolute Gasteiger partial charge is 0.366 e. The molecular formula is C24H21N5O. The third-order valence-electron chi connectivity index (χ3n) is 4.50. The predicted octanol–water partition coefficient (Wildman–Crippen LogP) is 5.10. The minimum absolute atomic E-state index is 0.0186. The van der Waals surface area contributed by atoms with E-state index in [1.165, 1.54) is 0 Å². The first-order valence-corrected chi connectivity index (χ1v) is 9.63. The van der Waals surface area contributed by atoms with Crippen molar-refractivity contribution in [1.29, 1.82) is 0 Å². The fraction of sp³-hybridized carbons (Fsp3) is 0.0833. The number of hydrogen-bond donors (Lipinski definition) is 2. The Morgan fingerprint density at radius 3 is 2.50 bits per heavy atom. The molecule has 0 aliphatic carbocycles. The van der Waals surface area contributed by atoms with E-state index in [2.05, 4.69) is 25.6 Å². The highest BCUT2D eigenvalue weighted by Gasteiger charge is 2.08. The zero-order valence-corrected chi connectivity index (χ0v) is 16.5. The van der Waals surface area contributed by atoms with Crippen LogP contribution in [0.5, 0.6) is 0 Å². The van der Waals surface area contributed by atoms with Crippen LogP contribution >= 0.6 is 0 Å². The molecule has 0 unspecified atom stereocenters. The van der Waals surface area contributed by atoms with Gasteiger partial charge >= 0.3 is 0 Å². The summed E-state index contributed by atoms with van der Waals surface area (Å²) in [5.74, 6) is 1.96. The molecule has 0 bridgehead atoms. The molecule has 2 N–H and O–H groups in total. The summed E-state index contributed by atoms with van der Waals surface area (Å²) in [6.07, 6.45) is 3.57. The van der Waals surface area contributed by atoms with Gasteiger partial charge in [-0.3, -0.25) is 9.78 Å². The van der Waals surface area contributed by atoms with Crippen LogP contribution in [0.15, 0.2) is 85.2 Å². The number of carbonyl (C=O) groups excluding carboxylic acids is 1. The van der Waals surface area contributed by atoms with Gasteiger partial charge in [-0.2, -0.15) is 0 Å². The second-order valence-electron chi connectivity index (χ2n) is 6.80. The summed E-state index contributed by atoms with van der Waals surface area (Å²) in [5.41, 5.74) is 3.41. The Morgan fingerprint density at radius 2 is 1.73 bits per heavy atom. The fourth-order valence-electron chi connectivity index (χ4n) is 2.98. The molecule has 0 aliphatic rings. The van der Waals surface area contributed by atoms with E-state index in [0.717, 1.165) is 16.8 Å². The lowest BCUT2D eigenvalue weighted by atomic mass is 10.1. The van der Waals surface area contributed by atoms with Crippen LogP contribution in [0.1, 0.15) is 22.8 Å². The average molecular weight is 395 g/mol. The monoisotopic (exact) mass is 395 g/mol. The molecule has 0 saturated heterocycles. The molecule has 0 saturated carbocycles. The summed E-state index contributed by atoms with van der Waals surface area (Å²) in [6.45, 7) is 2.15. The van der Waals surface area contributed by atoms with Crippen molar-refractivity contribution in [3.05, 3.63) is 96.3 Å². The van der Waals surface area contributed by atoms with E-state index >= 15 is 0 Å². The average Bonchev–Trinajstić information content (AvgIpc) is 2.79. The van der Waals surface area contributed by atoms with E-state index in [0.29, 0.717) is 29.6 Å². The Labute approximate surface area is 175 Å². The highest BCUT2D eigenvalue weighted by atomic mass is 16.1. The normalized spacial score (nSPS) is 10.4. The standard InChI is InChI=1S/C24H21N5O/c1-17(30)20-10-5-11-21(13-20)27-23-14-22(26-16-18-7-6-12-25-15-18)28-24(29-23)19-8-3-2-4-9-19/h2-15H,16H2,1H3,(H2,26,27,28,29). The van der Waals surface area contributed by atoms with Crippen LogP contribution in [-0.4, -0.2) is 20.7 Å². The maximum Gasteiger partial charge on any atom is 0.163 e. The number of carbonyl (C=O) groups is 1. The summed E-state index contributed by atoms with van der Waals surface area (Å²) in [4.78, 5) is 25.2. The lowest BCUT2D eigenvalue weighted by molar-refractivity contribution is 0.101. The predicted molar refractivity (Wildman–Crippen MR) is 119 cm³/mol. The highest BCUT2D eigenvalue weighted by Crippen LogP contribution is 2.23. The number of Topliss-reactive ketones (excluding diaryl/α,β-unsaturated/α-hetero) is 1. The molecule has 2 aromatic heterocycles. The van der Waals surface area contributed by atoms with Crippen LogP contribution < -0.4 is 10.6 Å². The van der Waals surface area contributed by atoms with Gasteiger partial charge in [-0.25, -0.2) is 9.97 Å². The summed E-state index contributed by atoms with van der Waals surface area (Å²) in [7, 11) is 0. The molecule has 2 heterocycles. The van der Waals surface area contributed by atoms with Gasteiger partial charge in [-0.15, -0.1) is 0 Å². The van der Waals surface area contributed by atoms with Crippen LogP contribution in [0, 0.1) is 0 Å². The van der Waals surface area contributed by atoms with Crippen molar-refractivity contribution < 1.29 is 4.79 Å². The van der Waals surface area contributed by atoms with E-state index in [-0.39, 0.29) is 5.78 Å². The van der Waals surface area contributed by atoms with Gasteiger partial charge in [0.2, 0.25) is 0 Å². The van der Waals surface area contributed by atoms with Crippen molar-refractivity contribution >= 4 is 23.1 Å². The van der Waals surface area contributed by atoms with Crippen molar-refractivity contribution in [1.82, 2.24) is 15.0 Å². The molecule has 0 fully saturated rings. The van der Waals surface area contributed by atoms with Crippen molar-refractivity contribution in [3.63, 3.8) is 0 Å². The number of aromatic nitrogens is 3. The summed E-state index contributed by atoms with van der Waals surface area (Å²) >= 11 is 0. The Kier molecular flexibility index (Phi) is 5.75. The van der Waals surface area contributed by atoms with Gasteiger partial charge in [0.05, 0.1) is 0 Å². The maximum atomic E-state index is 11.7. The van der Waals surface area contributed by atoms with Crippen LogP contribution in [0.25, 0.3) is 11.4 Å². The van der Waals surface area contributed by atoms with Gasteiger partial charge in [-0.1, -0.05) is 48.5 Å². The topological polar surface area (TPSA) is 79.8 Å². The van der Waals surface area contributed by atoms with E-state index in [9.17, 15) is 4.79 Å². The van der Waals surface area contributed by atoms with Gasteiger partial charge in [0.15, 0.2) is 11.6 Å². The van der Waals surface area contributed by atoms with Crippen molar-refractivity contribution in [3.8, 4) is 11.4 Å². The van der Waals surface area contributed by atoms with E-state index in [4.69, 9.17) is 0 Å². The van der Waals surface area contributed by atoms with E-state index in [1.807, 2.05) is 72.9 Å². The molecule has 2 aromatic carbocycles. The summed E-state index contributed by atoms with van der Waals surface area (Å²) in [5, 5.41) is 6.63. The smallest absolute Gasteiger partial charge is 0.163 e. The number of nitrogens with zero attached hydrogens (tertiary/aromatic N) is 3. The third-order valence-corrected chi connectivity index (χ3v) is 4.50. The molecule has 0 amide bonds. The molecule has 4 rings (SSSR count). The van der Waals surface area contributed by atoms with Gasteiger partial charge in [0, 0.05) is 41.8 Å². The maximum absolute atomic E-state index is 11.7. The number of rotatable bonds is 7. The third kappa shape index (κ3) is 4.86. The lowest BCUT2D eigenvalue weighted by Crippen LogP contribution is -2.05. The van der Waals surface area contributed by atoms with Gasteiger partial charge in [-0.05, 0) is 30.7 Å². The van der Waals surface area contributed by atoms with Crippen LogP contribution in [0.4, 0.5) is 17.3 Å². The first-order chi connectivity index (χ1) is 14.7. The van der Waals surface area contributed by atoms with Crippen LogP contribution in [0.3, 0.4) is 0 Å². The summed E-state index contributed by atoms with van der Waals surface area (Å²) in [6, 6.07) is 22.9. The number of benzene rings is 2. The molecule has 6 nitrogen and oxygen atoms in total.